The molecule has 1 aromatic heterocycles. The van der Waals surface area contributed by atoms with Gasteiger partial charge in [-0.1, -0.05) is 0 Å². The maximum atomic E-state index is 12.2. The lowest BCUT2D eigenvalue weighted by atomic mass is 10.2. The molecule has 0 unspecified atom stereocenters. The van der Waals surface area contributed by atoms with Crippen LogP contribution in [-0.4, -0.2) is 22.1 Å². The van der Waals surface area contributed by atoms with Gasteiger partial charge in [0, 0.05) is 37.9 Å². The van der Waals surface area contributed by atoms with Gasteiger partial charge >= 0.3 is 11.1 Å². The van der Waals surface area contributed by atoms with Gasteiger partial charge in [-0.25, -0.2) is 0 Å². The van der Waals surface area contributed by atoms with Crippen LogP contribution < -0.4 is 21.8 Å². The summed E-state index contributed by atoms with van der Waals surface area (Å²) in [6.07, 6.45) is 2.86. The third kappa shape index (κ3) is 3.02. The quantitative estimate of drug-likeness (QED) is 0.625. The second kappa shape index (κ2) is 5.66. The molecule has 1 aromatic carbocycles. The molecule has 2 aromatic rings. The van der Waals surface area contributed by atoms with Crippen LogP contribution in [0.1, 0.15) is 0 Å². The smallest absolute Gasteiger partial charge is 0.316 e. The number of nitrogen functional groups attached to an aromatic ring is 1. The average Bonchev–Trinajstić information content (AvgIpc) is 2.48. The fourth-order valence-corrected chi connectivity index (χ4v) is 1.81. The third-order valence-electron chi connectivity index (χ3n) is 3.19. The number of anilines is 2. The Hall–Kier alpha value is -2.83. The predicted octanol–water partition coefficient (Wildman–Crippen LogP) is -0.208. The highest BCUT2D eigenvalue weighted by atomic mass is 16.2. The number of nitrogens with zero attached hydrogens (tertiary/aromatic N) is 3. The van der Waals surface area contributed by atoms with Gasteiger partial charge in [0.2, 0.25) is 5.91 Å². The molecule has 0 atom stereocenters. The molecule has 7 heteroatoms. The Morgan fingerprint density at radius 1 is 1.14 bits per heavy atom. The Bertz CT molecular complexity index is 774. The number of hydrogen-bond acceptors (Lipinski definition) is 4. The summed E-state index contributed by atoms with van der Waals surface area (Å²) < 4.78 is 2.27. The first-order valence-electron chi connectivity index (χ1n) is 6.28. The van der Waals surface area contributed by atoms with Crippen LogP contribution in [0, 0.1) is 0 Å². The van der Waals surface area contributed by atoms with Crippen molar-refractivity contribution in [1.82, 2.24) is 9.13 Å². The second-order valence-corrected chi connectivity index (χ2v) is 4.69. The fourth-order valence-electron chi connectivity index (χ4n) is 1.81. The van der Waals surface area contributed by atoms with Gasteiger partial charge in [0.15, 0.2) is 0 Å². The normalized spacial score (nSPS) is 10.4. The highest BCUT2D eigenvalue weighted by Gasteiger charge is 2.13. The number of hydrogen-bond donors (Lipinski definition) is 1. The van der Waals surface area contributed by atoms with Crippen LogP contribution in [0.15, 0.2) is 46.2 Å². The molecule has 0 aliphatic rings. The molecule has 0 aliphatic heterocycles. The molecular formula is C14H16N4O3. The van der Waals surface area contributed by atoms with Crippen LogP contribution in [0.2, 0.25) is 0 Å². The van der Waals surface area contributed by atoms with E-state index in [9.17, 15) is 14.4 Å². The van der Waals surface area contributed by atoms with E-state index in [-0.39, 0.29) is 12.5 Å². The lowest BCUT2D eigenvalue weighted by molar-refractivity contribution is -0.118. The summed E-state index contributed by atoms with van der Waals surface area (Å²) in [6, 6.07) is 6.78. The van der Waals surface area contributed by atoms with Gasteiger partial charge in [-0.15, -0.1) is 0 Å². The van der Waals surface area contributed by atoms with Gasteiger partial charge in [0.25, 0.3) is 0 Å². The first kappa shape index (κ1) is 14.6. The maximum absolute atomic E-state index is 12.2. The van der Waals surface area contributed by atoms with Crippen molar-refractivity contribution in [1.29, 1.82) is 0 Å². The molecule has 2 N–H and O–H groups in total. The molecule has 110 valence electrons. The van der Waals surface area contributed by atoms with Gasteiger partial charge in [-0.3, -0.25) is 19.0 Å². The van der Waals surface area contributed by atoms with Crippen molar-refractivity contribution in [3.63, 3.8) is 0 Å². The summed E-state index contributed by atoms with van der Waals surface area (Å²) in [5.41, 5.74) is 5.46. The maximum Gasteiger partial charge on any atom is 0.316 e. The van der Waals surface area contributed by atoms with Crippen LogP contribution in [-0.2, 0) is 18.4 Å². The van der Waals surface area contributed by atoms with Crippen LogP contribution in [0.4, 0.5) is 11.4 Å². The van der Waals surface area contributed by atoms with Crippen molar-refractivity contribution in [2.75, 3.05) is 17.7 Å². The predicted molar refractivity (Wildman–Crippen MR) is 80.2 cm³/mol. The lowest BCUT2D eigenvalue weighted by Gasteiger charge is -2.18. The average molecular weight is 288 g/mol. The van der Waals surface area contributed by atoms with Crippen molar-refractivity contribution in [2.45, 2.75) is 6.54 Å². The van der Waals surface area contributed by atoms with E-state index in [2.05, 4.69) is 0 Å². The van der Waals surface area contributed by atoms with Gasteiger partial charge < -0.3 is 15.2 Å². The number of nitrogens with two attached hydrogens (primary N) is 1. The van der Waals surface area contributed by atoms with Crippen LogP contribution in [0.5, 0.6) is 0 Å². The number of amides is 1. The van der Waals surface area contributed by atoms with E-state index in [1.54, 1.807) is 31.3 Å². The van der Waals surface area contributed by atoms with Gasteiger partial charge in [-0.2, -0.15) is 0 Å². The minimum absolute atomic E-state index is 0.199. The second-order valence-electron chi connectivity index (χ2n) is 4.69. The van der Waals surface area contributed by atoms with E-state index in [4.69, 9.17) is 5.73 Å². The Morgan fingerprint density at radius 3 is 2.38 bits per heavy atom. The summed E-state index contributed by atoms with van der Waals surface area (Å²) in [5, 5.41) is 0. The standard InChI is InChI=1S/C14H16N4O3/c1-16-7-8-18(14(21)13(16)20)9-12(19)17(2)11-5-3-10(15)4-6-11/h3-8H,9,15H2,1-2H3. The molecule has 1 heterocycles. The van der Waals surface area contributed by atoms with E-state index in [1.807, 2.05) is 0 Å². The molecule has 0 saturated heterocycles. The molecular weight excluding hydrogens is 272 g/mol. The molecule has 0 spiro atoms. The van der Waals surface area contributed by atoms with Crippen molar-refractivity contribution in [2.24, 2.45) is 7.05 Å². The summed E-state index contributed by atoms with van der Waals surface area (Å²) in [6.45, 7) is -0.199. The van der Waals surface area contributed by atoms with E-state index >= 15 is 0 Å². The molecule has 7 nitrogen and oxygen atoms in total. The van der Waals surface area contributed by atoms with E-state index in [1.165, 1.54) is 28.9 Å². The number of likely N-dealkylation sites (N-methyl/N-ethyl adjacent to an activating group) is 1. The van der Waals surface area contributed by atoms with Crippen molar-refractivity contribution >= 4 is 17.3 Å². The molecule has 0 aliphatic carbocycles. The molecule has 0 radical (unpaired) electrons. The van der Waals surface area contributed by atoms with Gasteiger partial charge in [-0.05, 0) is 24.3 Å². The van der Waals surface area contributed by atoms with Gasteiger partial charge in [0.05, 0.1) is 0 Å². The zero-order chi connectivity index (χ0) is 15.6. The van der Waals surface area contributed by atoms with Crippen LogP contribution >= 0.6 is 0 Å². The highest BCUT2D eigenvalue weighted by Crippen LogP contribution is 2.14. The molecule has 0 bridgehead atoms. The Balaban J connectivity index is 2.22. The minimum Gasteiger partial charge on any atom is -0.399 e. The molecule has 1 amide bonds. The monoisotopic (exact) mass is 288 g/mol. The summed E-state index contributed by atoms with van der Waals surface area (Å²) in [4.78, 5) is 36.9. The zero-order valence-corrected chi connectivity index (χ0v) is 11.8. The molecule has 2 rings (SSSR count). The van der Waals surface area contributed by atoms with Crippen molar-refractivity contribution in [3.8, 4) is 0 Å². The molecule has 0 saturated carbocycles. The van der Waals surface area contributed by atoms with E-state index < -0.39 is 11.1 Å². The molecule has 0 fully saturated rings. The number of carbonyl (C=O) groups excluding carboxylic acids is 1. The fraction of sp³-hybridized carbons (Fsp3) is 0.214. The largest absolute Gasteiger partial charge is 0.399 e. The summed E-state index contributed by atoms with van der Waals surface area (Å²) in [5.74, 6) is -0.310. The Kier molecular flexibility index (Phi) is 3.93. The number of aryl methyl sites for hydroxylation is 1. The van der Waals surface area contributed by atoms with Crippen LogP contribution in [0.3, 0.4) is 0 Å². The van der Waals surface area contributed by atoms with E-state index in [0.29, 0.717) is 11.4 Å². The van der Waals surface area contributed by atoms with Crippen molar-refractivity contribution in [3.05, 3.63) is 57.4 Å². The van der Waals surface area contributed by atoms with Crippen LogP contribution in [0.25, 0.3) is 0 Å². The lowest BCUT2D eigenvalue weighted by Crippen LogP contribution is -2.42. The number of aromatic nitrogens is 2. The van der Waals surface area contributed by atoms with E-state index in [0.717, 1.165) is 4.57 Å². The number of carbonyl (C=O) groups is 1. The summed E-state index contributed by atoms with van der Waals surface area (Å²) >= 11 is 0. The Labute approximate surface area is 120 Å². The Morgan fingerprint density at radius 2 is 1.76 bits per heavy atom. The zero-order valence-electron chi connectivity index (χ0n) is 11.8. The first-order valence-corrected chi connectivity index (χ1v) is 6.28. The first-order chi connectivity index (χ1) is 9.90. The topological polar surface area (TPSA) is 90.3 Å². The summed E-state index contributed by atoms with van der Waals surface area (Å²) in [7, 11) is 3.08. The number of rotatable bonds is 3. The van der Waals surface area contributed by atoms with Crippen molar-refractivity contribution < 1.29 is 4.79 Å². The number of benzene rings is 1. The third-order valence-corrected chi connectivity index (χ3v) is 3.19. The highest BCUT2D eigenvalue weighted by molar-refractivity contribution is 5.92. The molecule has 21 heavy (non-hydrogen) atoms. The van der Waals surface area contributed by atoms with Gasteiger partial charge in [0.1, 0.15) is 6.54 Å². The SMILES string of the molecule is CN(C(=O)Cn1ccn(C)c(=O)c1=O)c1ccc(N)cc1. The minimum atomic E-state index is -0.723.